The molecule has 0 saturated carbocycles. The lowest BCUT2D eigenvalue weighted by atomic mass is 10.0. The summed E-state index contributed by atoms with van der Waals surface area (Å²) < 4.78 is 5.63. The maximum Gasteiger partial charge on any atom is 0.261 e. The van der Waals surface area contributed by atoms with Crippen LogP contribution in [-0.4, -0.2) is 72.0 Å². The molecule has 2 fully saturated rings. The van der Waals surface area contributed by atoms with Gasteiger partial charge < -0.3 is 19.4 Å². The molecule has 0 unspecified atom stereocenters. The van der Waals surface area contributed by atoms with Gasteiger partial charge in [-0.2, -0.15) is 0 Å². The van der Waals surface area contributed by atoms with E-state index in [9.17, 15) is 9.59 Å². The van der Waals surface area contributed by atoms with Crippen LogP contribution in [0.3, 0.4) is 0 Å². The van der Waals surface area contributed by atoms with Crippen LogP contribution in [0.25, 0.3) is 0 Å². The highest BCUT2D eigenvalue weighted by Crippen LogP contribution is 2.21. The first kappa shape index (κ1) is 20.2. The minimum atomic E-state index is -0.382. The number of piperazine rings is 1. The number of para-hydroxylation sites is 1. The van der Waals surface area contributed by atoms with E-state index in [1.54, 1.807) is 11.1 Å². The summed E-state index contributed by atoms with van der Waals surface area (Å²) >= 11 is 0. The molecule has 0 radical (unpaired) electrons. The first-order valence-electron chi connectivity index (χ1n) is 10.6. The number of anilines is 1. The number of aromatic nitrogens is 1. The van der Waals surface area contributed by atoms with Crippen molar-refractivity contribution in [2.45, 2.75) is 25.3 Å². The number of pyridine rings is 1. The number of carbonyl (C=O) groups is 2. The van der Waals surface area contributed by atoms with Gasteiger partial charge >= 0.3 is 0 Å². The summed E-state index contributed by atoms with van der Waals surface area (Å²) in [6, 6.07) is 14.8. The third-order valence-electron chi connectivity index (χ3n) is 5.78. The summed E-state index contributed by atoms with van der Waals surface area (Å²) in [5, 5.41) is 0. The Labute approximate surface area is 177 Å². The highest BCUT2D eigenvalue weighted by atomic mass is 16.5. The summed E-state index contributed by atoms with van der Waals surface area (Å²) in [5.74, 6) is 1.54. The van der Waals surface area contributed by atoms with Crippen molar-refractivity contribution in [3.05, 3.63) is 54.7 Å². The SMILES string of the molecule is O=C([C@H]1CCCCN1C(=O)COc1ccccc1)N1CCN(c2ccccn2)CC1. The van der Waals surface area contributed by atoms with Crippen molar-refractivity contribution in [2.75, 3.05) is 44.2 Å². The van der Waals surface area contributed by atoms with E-state index < -0.39 is 0 Å². The zero-order valence-corrected chi connectivity index (χ0v) is 17.2. The lowest BCUT2D eigenvalue weighted by Crippen LogP contribution is -2.57. The van der Waals surface area contributed by atoms with E-state index in [4.69, 9.17) is 4.74 Å². The Hall–Kier alpha value is -3.09. The molecule has 7 heteroatoms. The monoisotopic (exact) mass is 408 g/mol. The van der Waals surface area contributed by atoms with Crippen molar-refractivity contribution in [3.8, 4) is 5.75 Å². The summed E-state index contributed by atoms with van der Waals surface area (Å²) in [5.41, 5.74) is 0. The molecule has 158 valence electrons. The van der Waals surface area contributed by atoms with Gasteiger partial charge in [0.15, 0.2) is 6.61 Å². The summed E-state index contributed by atoms with van der Waals surface area (Å²) in [6.45, 7) is 3.37. The van der Waals surface area contributed by atoms with Gasteiger partial charge in [0.2, 0.25) is 5.91 Å². The molecule has 1 atom stereocenters. The minimum absolute atomic E-state index is 0.0404. The maximum atomic E-state index is 13.2. The fraction of sp³-hybridized carbons (Fsp3) is 0.435. The Morgan fingerprint density at radius 3 is 2.43 bits per heavy atom. The number of hydrogen-bond acceptors (Lipinski definition) is 5. The van der Waals surface area contributed by atoms with Crippen LogP contribution >= 0.6 is 0 Å². The molecular weight excluding hydrogens is 380 g/mol. The second-order valence-electron chi connectivity index (χ2n) is 7.70. The number of carbonyl (C=O) groups excluding carboxylic acids is 2. The van der Waals surface area contributed by atoms with E-state index in [0.29, 0.717) is 25.4 Å². The van der Waals surface area contributed by atoms with Crippen LogP contribution in [0.4, 0.5) is 5.82 Å². The number of amides is 2. The molecule has 0 N–H and O–H groups in total. The van der Waals surface area contributed by atoms with E-state index in [1.807, 2.05) is 53.4 Å². The molecule has 2 aromatic rings. The number of likely N-dealkylation sites (tertiary alicyclic amines) is 1. The highest BCUT2D eigenvalue weighted by Gasteiger charge is 2.36. The van der Waals surface area contributed by atoms with Crippen LogP contribution in [0.1, 0.15) is 19.3 Å². The molecule has 30 heavy (non-hydrogen) atoms. The first-order valence-corrected chi connectivity index (χ1v) is 10.6. The molecule has 0 spiro atoms. The number of piperidine rings is 1. The van der Waals surface area contributed by atoms with Crippen molar-refractivity contribution in [1.29, 1.82) is 0 Å². The topological polar surface area (TPSA) is 66.0 Å². The van der Waals surface area contributed by atoms with Gasteiger partial charge in [0.1, 0.15) is 17.6 Å². The highest BCUT2D eigenvalue weighted by molar-refractivity contribution is 5.88. The van der Waals surface area contributed by atoms with Crippen molar-refractivity contribution >= 4 is 17.6 Å². The minimum Gasteiger partial charge on any atom is -0.484 e. The van der Waals surface area contributed by atoms with Crippen molar-refractivity contribution in [3.63, 3.8) is 0 Å². The molecule has 2 aliphatic heterocycles. The number of hydrogen-bond donors (Lipinski definition) is 0. The van der Waals surface area contributed by atoms with E-state index in [-0.39, 0.29) is 24.5 Å². The van der Waals surface area contributed by atoms with Crippen molar-refractivity contribution < 1.29 is 14.3 Å². The Balaban J connectivity index is 1.34. The van der Waals surface area contributed by atoms with Crippen LogP contribution in [-0.2, 0) is 9.59 Å². The smallest absolute Gasteiger partial charge is 0.261 e. The van der Waals surface area contributed by atoms with Gasteiger partial charge in [0.25, 0.3) is 5.91 Å². The summed E-state index contributed by atoms with van der Waals surface area (Å²) in [4.78, 5) is 36.3. The van der Waals surface area contributed by atoms with Crippen molar-refractivity contribution in [2.24, 2.45) is 0 Å². The average Bonchev–Trinajstić information content (AvgIpc) is 2.83. The lowest BCUT2D eigenvalue weighted by Gasteiger charge is -2.41. The molecule has 7 nitrogen and oxygen atoms in total. The van der Waals surface area contributed by atoms with Gasteiger partial charge in [-0.05, 0) is 43.5 Å². The van der Waals surface area contributed by atoms with Gasteiger partial charge in [-0.1, -0.05) is 24.3 Å². The van der Waals surface area contributed by atoms with Crippen molar-refractivity contribution in [1.82, 2.24) is 14.8 Å². The third kappa shape index (κ3) is 4.72. The summed E-state index contributed by atoms with van der Waals surface area (Å²) in [7, 11) is 0. The second-order valence-corrected chi connectivity index (χ2v) is 7.70. The molecular formula is C23H28N4O3. The molecule has 0 aliphatic carbocycles. The molecule has 2 amide bonds. The number of benzene rings is 1. The van der Waals surface area contributed by atoms with E-state index in [2.05, 4.69) is 9.88 Å². The number of rotatable bonds is 5. The molecule has 1 aromatic carbocycles. The van der Waals surface area contributed by atoms with Gasteiger partial charge in [0, 0.05) is 38.9 Å². The zero-order chi connectivity index (χ0) is 20.8. The van der Waals surface area contributed by atoms with Crippen LogP contribution in [0.5, 0.6) is 5.75 Å². The van der Waals surface area contributed by atoms with Crippen LogP contribution < -0.4 is 9.64 Å². The molecule has 2 saturated heterocycles. The van der Waals surface area contributed by atoms with Gasteiger partial charge in [-0.3, -0.25) is 9.59 Å². The normalized spacial score (nSPS) is 19.5. The summed E-state index contributed by atoms with van der Waals surface area (Å²) in [6.07, 6.45) is 4.40. The maximum absolute atomic E-state index is 13.2. The predicted octanol–water partition coefficient (Wildman–Crippen LogP) is 2.19. The van der Waals surface area contributed by atoms with E-state index in [1.165, 1.54) is 0 Å². The van der Waals surface area contributed by atoms with Crippen LogP contribution in [0, 0.1) is 0 Å². The van der Waals surface area contributed by atoms with E-state index >= 15 is 0 Å². The molecule has 3 heterocycles. The molecule has 4 rings (SSSR count). The Bertz CT molecular complexity index is 838. The molecule has 2 aliphatic rings. The largest absolute Gasteiger partial charge is 0.484 e. The Morgan fingerprint density at radius 2 is 1.70 bits per heavy atom. The average molecular weight is 409 g/mol. The zero-order valence-electron chi connectivity index (χ0n) is 17.2. The third-order valence-corrected chi connectivity index (χ3v) is 5.78. The Morgan fingerprint density at radius 1 is 0.933 bits per heavy atom. The van der Waals surface area contributed by atoms with Gasteiger partial charge in [-0.25, -0.2) is 4.98 Å². The quantitative estimate of drug-likeness (QED) is 0.759. The van der Waals surface area contributed by atoms with Gasteiger partial charge in [-0.15, -0.1) is 0 Å². The number of nitrogens with zero attached hydrogens (tertiary/aromatic N) is 4. The van der Waals surface area contributed by atoms with Crippen LogP contribution in [0.2, 0.25) is 0 Å². The Kier molecular flexibility index (Phi) is 6.47. The lowest BCUT2D eigenvalue weighted by molar-refractivity contribution is -0.149. The second kappa shape index (κ2) is 9.61. The predicted molar refractivity (Wildman–Crippen MR) is 114 cm³/mol. The van der Waals surface area contributed by atoms with E-state index in [0.717, 1.165) is 38.2 Å². The fourth-order valence-corrected chi connectivity index (χ4v) is 4.14. The van der Waals surface area contributed by atoms with Gasteiger partial charge in [0.05, 0.1) is 0 Å². The number of ether oxygens (including phenoxy) is 1. The van der Waals surface area contributed by atoms with Crippen LogP contribution in [0.15, 0.2) is 54.7 Å². The fourth-order valence-electron chi connectivity index (χ4n) is 4.14. The molecule has 0 bridgehead atoms. The first-order chi connectivity index (χ1) is 14.7. The standard InChI is InChI=1S/C23H28N4O3/c28-22(18-30-19-8-2-1-3-9-19)27-13-7-5-10-20(27)23(29)26-16-14-25(15-17-26)21-11-4-6-12-24-21/h1-4,6,8-9,11-12,20H,5,7,10,13-18H2/t20-/m1/s1. The molecule has 1 aromatic heterocycles.